The number of halogens is 3. The van der Waals surface area contributed by atoms with E-state index in [2.05, 4.69) is 15.3 Å². The van der Waals surface area contributed by atoms with Gasteiger partial charge in [0.25, 0.3) is 5.91 Å². The average molecular weight is 354 g/mol. The Kier molecular flexibility index (Phi) is 4.12. The van der Waals surface area contributed by atoms with Crippen LogP contribution in [0.2, 0.25) is 0 Å². The number of benzene rings is 1. The van der Waals surface area contributed by atoms with Crippen LogP contribution < -0.4 is 5.32 Å². The molecule has 9 heteroatoms. The maximum absolute atomic E-state index is 13.2. The number of fused-ring (bicyclic) bond motifs is 1. The van der Waals surface area contributed by atoms with E-state index in [0.717, 1.165) is 23.5 Å². The summed E-state index contributed by atoms with van der Waals surface area (Å²) < 4.78 is 39.6. The molecule has 0 saturated carbocycles. The summed E-state index contributed by atoms with van der Waals surface area (Å²) in [4.78, 5) is 21.3. The van der Waals surface area contributed by atoms with Crippen LogP contribution in [0.15, 0.2) is 29.6 Å². The van der Waals surface area contributed by atoms with Crippen LogP contribution in [0.1, 0.15) is 21.5 Å². The molecule has 0 bridgehead atoms. The van der Waals surface area contributed by atoms with Crippen molar-refractivity contribution < 1.29 is 18.0 Å². The average Bonchev–Trinajstić information content (AvgIpc) is 2.82. The van der Waals surface area contributed by atoms with Crippen molar-refractivity contribution in [2.45, 2.75) is 17.9 Å². The Morgan fingerprint density at radius 2 is 2.08 bits per heavy atom. The third-order valence-corrected chi connectivity index (χ3v) is 4.19. The lowest BCUT2D eigenvalue weighted by Gasteiger charge is -2.15. The maximum Gasteiger partial charge on any atom is 0.421 e. The van der Waals surface area contributed by atoms with Crippen molar-refractivity contribution >= 4 is 29.2 Å². The molecule has 2 heterocycles. The molecule has 0 spiro atoms. The third kappa shape index (κ3) is 2.91. The molecule has 0 unspecified atom stereocenters. The molecule has 0 saturated heterocycles. The van der Waals surface area contributed by atoms with E-state index in [4.69, 9.17) is 0 Å². The van der Waals surface area contributed by atoms with Gasteiger partial charge in [-0.3, -0.25) is 4.79 Å². The van der Waals surface area contributed by atoms with E-state index in [-0.39, 0.29) is 16.9 Å². The molecule has 1 aliphatic rings. The normalized spacial score (nSPS) is 14.0. The molecule has 1 amide bonds. The van der Waals surface area contributed by atoms with Crippen LogP contribution in [0, 0.1) is 0 Å². The van der Waals surface area contributed by atoms with Gasteiger partial charge < -0.3 is 10.2 Å². The number of nitrogens with one attached hydrogen (secondary N) is 1. The number of thioether (sulfide) groups is 1. The lowest BCUT2D eigenvalue weighted by molar-refractivity contribution is -0.137. The van der Waals surface area contributed by atoms with E-state index in [1.54, 1.807) is 31.5 Å². The molecule has 126 valence electrons. The van der Waals surface area contributed by atoms with Gasteiger partial charge in [0, 0.05) is 19.8 Å². The summed E-state index contributed by atoms with van der Waals surface area (Å²) in [5.41, 5.74) is 0.465. The zero-order valence-electron chi connectivity index (χ0n) is 12.8. The molecular formula is C15H13F3N4OS. The van der Waals surface area contributed by atoms with Gasteiger partial charge in [0.2, 0.25) is 0 Å². The number of carbonyl (C=O) groups is 1. The number of rotatable bonds is 3. The Hall–Kier alpha value is -2.29. The van der Waals surface area contributed by atoms with Crippen LogP contribution >= 0.6 is 11.8 Å². The molecule has 0 aliphatic carbocycles. The minimum absolute atomic E-state index is 0.210. The van der Waals surface area contributed by atoms with E-state index in [9.17, 15) is 18.0 Å². The molecular weight excluding hydrogens is 341 g/mol. The van der Waals surface area contributed by atoms with Crippen LogP contribution in [-0.4, -0.2) is 34.1 Å². The summed E-state index contributed by atoms with van der Waals surface area (Å²) >= 11 is 1.13. The monoisotopic (exact) mass is 354 g/mol. The molecule has 1 N–H and O–H groups in total. The van der Waals surface area contributed by atoms with Gasteiger partial charge in [0.15, 0.2) is 5.16 Å². The van der Waals surface area contributed by atoms with Gasteiger partial charge in [-0.1, -0.05) is 23.9 Å². The summed E-state index contributed by atoms with van der Waals surface area (Å²) in [5.74, 6) is -0.599. The fraction of sp³-hybridized carbons (Fsp3) is 0.267. The molecule has 24 heavy (non-hydrogen) atoms. The van der Waals surface area contributed by atoms with E-state index in [1.165, 1.54) is 4.90 Å². The number of amides is 1. The zero-order chi connectivity index (χ0) is 17.5. The van der Waals surface area contributed by atoms with Gasteiger partial charge in [0.05, 0.1) is 11.3 Å². The molecule has 3 rings (SSSR count). The number of anilines is 2. The Labute approximate surface area is 140 Å². The van der Waals surface area contributed by atoms with Crippen molar-refractivity contribution in [2.24, 2.45) is 0 Å². The SMILES string of the molecule is CSc1ncc(C(F)(F)F)c(Nc2cccc3c2C(=O)N(C)C3)n1. The van der Waals surface area contributed by atoms with Crippen molar-refractivity contribution in [2.75, 3.05) is 18.6 Å². The first kappa shape index (κ1) is 16.6. The highest BCUT2D eigenvalue weighted by Gasteiger charge is 2.36. The topological polar surface area (TPSA) is 58.1 Å². The zero-order valence-corrected chi connectivity index (χ0v) is 13.6. The third-order valence-electron chi connectivity index (χ3n) is 3.63. The Morgan fingerprint density at radius 1 is 1.33 bits per heavy atom. The summed E-state index contributed by atoms with van der Waals surface area (Å²) in [6.07, 6.45) is -2.18. The highest BCUT2D eigenvalue weighted by atomic mass is 32.2. The fourth-order valence-electron chi connectivity index (χ4n) is 2.50. The van der Waals surface area contributed by atoms with Crippen molar-refractivity contribution in [1.82, 2.24) is 14.9 Å². The second-order valence-electron chi connectivity index (χ2n) is 5.24. The van der Waals surface area contributed by atoms with Crippen LogP contribution in [0.4, 0.5) is 24.7 Å². The molecule has 0 fully saturated rings. The maximum atomic E-state index is 13.2. The van der Waals surface area contributed by atoms with Crippen molar-refractivity contribution in [1.29, 1.82) is 0 Å². The lowest BCUT2D eigenvalue weighted by atomic mass is 10.1. The summed E-state index contributed by atoms with van der Waals surface area (Å²) in [6, 6.07) is 5.04. The van der Waals surface area contributed by atoms with Crippen molar-refractivity contribution in [3.8, 4) is 0 Å². The van der Waals surface area contributed by atoms with Gasteiger partial charge in [-0.15, -0.1) is 0 Å². The first-order valence-electron chi connectivity index (χ1n) is 6.94. The molecule has 5 nitrogen and oxygen atoms in total. The summed E-state index contributed by atoms with van der Waals surface area (Å²) in [7, 11) is 1.64. The van der Waals surface area contributed by atoms with Gasteiger partial charge in [-0.05, 0) is 17.9 Å². The second kappa shape index (κ2) is 5.97. The minimum atomic E-state index is -4.60. The number of hydrogen-bond acceptors (Lipinski definition) is 5. The highest BCUT2D eigenvalue weighted by molar-refractivity contribution is 7.98. The van der Waals surface area contributed by atoms with Gasteiger partial charge >= 0.3 is 6.18 Å². The molecule has 1 aromatic heterocycles. The number of alkyl halides is 3. The van der Waals surface area contributed by atoms with E-state index in [1.807, 2.05) is 0 Å². The van der Waals surface area contributed by atoms with E-state index >= 15 is 0 Å². The predicted octanol–water partition coefficient (Wildman–Crippen LogP) is 3.55. The van der Waals surface area contributed by atoms with Gasteiger partial charge in [-0.2, -0.15) is 13.2 Å². The van der Waals surface area contributed by atoms with Crippen molar-refractivity contribution in [3.05, 3.63) is 41.1 Å². The Balaban J connectivity index is 2.07. The number of carbonyl (C=O) groups excluding carboxylic acids is 1. The van der Waals surface area contributed by atoms with E-state index < -0.39 is 11.7 Å². The second-order valence-corrected chi connectivity index (χ2v) is 6.02. The Morgan fingerprint density at radius 3 is 2.75 bits per heavy atom. The standard InChI is InChI=1S/C15H13F3N4OS/c1-22-7-8-4-3-5-10(11(8)13(22)23)20-12-9(15(16,17)18)6-19-14(21-12)24-2/h3-6H,7H2,1-2H3,(H,19,20,21). The first-order chi connectivity index (χ1) is 11.3. The van der Waals surface area contributed by atoms with Gasteiger partial charge in [0.1, 0.15) is 11.4 Å². The van der Waals surface area contributed by atoms with Crippen LogP contribution in [0.3, 0.4) is 0 Å². The van der Waals surface area contributed by atoms with Crippen molar-refractivity contribution in [3.63, 3.8) is 0 Å². The molecule has 1 aromatic carbocycles. The lowest BCUT2D eigenvalue weighted by Crippen LogP contribution is -2.18. The van der Waals surface area contributed by atoms with Crippen LogP contribution in [-0.2, 0) is 12.7 Å². The predicted molar refractivity (Wildman–Crippen MR) is 84.3 cm³/mol. The number of hydrogen-bond donors (Lipinski definition) is 1. The van der Waals surface area contributed by atoms with E-state index in [0.29, 0.717) is 17.8 Å². The smallest absolute Gasteiger partial charge is 0.339 e. The first-order valence-corrected chi connectivity index (χ1v) is 8.16. The largest absolute Gasteiger partial charge is 0.421 e. The molecule has 0 atom stereocenters. The van der Waals surface area contributed by atoms with Gasteiger partial charge in [-0.25, -0.2) is 9.97 Å². The summed E-state index contributed by atoms with van der Waals surface area (Å²) in [5, 5.41) is 2.88. The quantitative estimate of drug-likeness (QED) is 0.675. The molecule has 0 radical (unpaired) electrons. The Bertz CT molecular complexity index is 810. The highest BCUT2D eigenvalue weighted by Crippen LogP contribution is 2.37. The molecule has 1 aliphatic heterocycles. The van der Waals surface area contributed by atoms with Crippen LogP contribution in [0.25, 0.3) is 0 Å². The fourth-order valence-corrected chi connectivity index (χ4v) is 2.84. The minimum Gasteiger partial charge on any atom is -0.339 e. The van der Waals surface area contributed by atoms with Crippen LogP contribution in [0.5, 0.6) is 0 Å². The number of nitrogens with zero attached hydrogens (tertiary/aromatic N) is 3. The summed E-state index contributed by atoms with van der Waals surface area (Å²) in [6.45, 7) is 0.426. The molecule has 2 aromatic rings. The number of aromatic nitrogens is 2.